The molecule has 0 amide bonds. The number of nitrogen functional groups attached to an aromatic ring is 1. The second-order valence-electron chi connectivity index (χ2n) is 4.63. The van der Waals surface area contributed by atoms with Crippen molar-refractivity contribution in [1.29, 1.82) is 0 Å². The molecule has 20 heavy (non-hydrogen) atoms. The van der Waals surface area contributed by atoms with E-state index < -0.39 is 10.0 Å². The molecule has 0 radical (unpaired) electrons. The lowest BCUT2D eigenvalue weighted by atomic mass is 10.2. The number of aryl methyl sites for hydroxylation is 1. The number of rotatable bonds is 6. The number of aromatic nitrogens is 2. The Hall–Kier alpha value is -1.86. The normalized spacial score (nSPS) is 11.7. The van der Waals surface area contributed by atoms with Crippen LogP contribution in [0.5, 0.6) is 0 Å². The summed E-state index contributed by atoms with van der Waals surface area (Å²) >= 11 is 0. The van der Waals surface area contributed by atoms with Crippen molar-refractivity contribution in [3.8, 4) is 0 Å². The van der Waals surface area contributed by atoms with E-state index in [-0.39, 0.29) is 5.75 Å². The summed E-state index contributed by atoms with van der Waals surface area (Å²) in [6, 6.07) is 6.95. The summed E-state index contributed by atoms with van der Waals surface area (Å²) in [6.07, 6.45) is 3.60. The Balaban J connectivity index is 1.90. The van der Waals surface area contributed by atoms with Gasteiger partial charge in [-0.05, 0) is 24.1 Å². The van der Waals surface area contributed by atoms with Crippen LogP contribution in [0.3, 0.4) is 0 Å². The van der Waals surface area contributed by atoms with Gasteiger partial charge in [-0.15, -0.1) is 0 Å². The molecule has 0 aliphatic carbocycles. The minimum absolute atomic E-state index is 0.113. The van der Waals surface area contributed by atoms with Crippen molar-refractivity contribution in [2.45, 2.75) is 19.2 Å². The van der Waals surface area contributed by atoms with E-state index in [1.54, 1.807) is 35.1 Å². The van der Waals surface area contributed by atoms with E-state index in [4.69, 9.17) is 5.73 Å². The van der Waals surface area contributed by atoms with Crippen molar-refractivity contribution in [1.82, 2.24) is 14.5 Å². The molecule has 0 atom stereocenters. The number of sulfonamides is 1. The van der Waals surface area contributed by atoms with Gasteiger partial charge >= 0.3 is 0 Å². The van der Waals surface area contributed by atoms with Gasteiger partial charge in [-0.2, -0.15) is 5.10 Å². The fraction of sp³-hybridized carbons (Fsp3) is 0.308. The van der Waals surface area contributed by atoms with Crippen molar-refractivity contribution < 1.29 is 8.42 Å². The molecule has 7 heteroatoms. The Morgan fingerprint density at radius 3 is 2.75 bits per heavy atom. The molecule has 0 saturated heterocycles. The first-order chi connectivity index (χ1) is 9.46. The SMILES string of the molecule is Cc1cnn(CCNS(=O)(=O)Cc2ccccc2N)c1. The highest BCUT2D eigenvalue weighted by Crippen LogP contribution is 2.13. The van der Waals surface area contributed by atoms with E-state index in [0.717, 1.165) is 5.56 Å². The van der Waals surface area contributed by atoms with E-state index in [2.05, 4.69) is 9.82 Å². The molecule has 3 N–H and O–H groups in total. The van der Waals surface area contributed by atoms with Crippen LogP contribution in [0.25, 0.3) is 0 Å². The Labute approximate surface area is 118 Å². The molecule has 0 bridgehead atoms. The third kappa shape index (κ3) is 4.07. The predicted molar refractivity (Wildman–Crippen MR) is 78.4 cm³/mol. The number of para-hydroxylation sites is 1. The zero-order chi connectivity index (χ0) is 14.6. The van der Waals surface area contributed by atoms with Gasteiger partial charge < -0.3 is 5.73 Å². The van der Waals surface area contributed by atoms with Crippen LogP contribution < -0.4 is 10.5 Å². The lowest BCUT2D eigenvalue weighted by Gasteiger charge is -2.08. The van der Waals surface area contributed by atoms with Gasteiger partial charge in [-0.25, -0.2) is 13.1 Å². The highest BCUT2D eigenvalue weighted by atomic mass is 32.2. The van der Waals surface area contributed by atoms with Crippen LogP contribution in [0.2, 0.25) is 0 Å². The summed E-state index contributed by atoms with van der Waals surface area (Å²) in [7, 11) is -3.39. The van der Waals surface area contributed by atoms with Crippen LogP contribution in [0, 0.1) is 6.92 Å². The molecule has 1 heterocycles. The van der Waals surface area contributed by atoms with E-state index in [1.807, 2.05) is 13.1 Å². The second-order valence-corrected chi connectivity index (χ2v) is 6.44. The van der Waals surface area contributed by atoms with Gasteiger partial charge in [0.25, 0.3) is 0 Å². The van der Waals surface area contributed by atoms with Gasteiger partial charge in [0.05, 0.1) is 18.5 Å². The summed E-state index contributed by atoms with van der Waals surface area (Å²) < 4.78 is 28.2. The van der Waals surface area contributed by atoms with Crippen molar-refractivity contribution in [2.75, 3.05) is 12.3 Å². The first-order valence-electron chi connectivity index (χ1n) is 6.26. The topological polar surface area (TPSA) is 90.0 Å². The van der Waals surface area contributed by atoms with E-state index in [1.165, 1.54) is 0 Å². The summed E-state index contributed by atoms with van der Waals surface area (Å²) in [5.41, 5.74) is 7.88. The summed E-state index contributed by atoms with van der Waals surface area (Å²) in [5, 5.41) is 4.10. The van der Waals surface area contributed by atoms with Crippen LogP contribution in [-0.2, 0) is 22.3 Å². The predicted octanol–water partition coefficient (Wildman–Crippen LogP) is 0.893. The second kappa shape index (κ2) is 6.06. The quantitative estimate of drug-likeness (QED) is 0.774. The lowest BCUT2D eigenvalue weighted by Crippen LogP contribution is -2.29. The van der Waals surface area contributed by atoms with Crippen molar-refractivity contribution in [3.63, 3.8) is 0 Å². The fourth-order valence-electron chi connectivity index (χ4n) is 1.83. The first-order valence-corrected chi connectivity index (χ1v) is 7.91. The van der Waals surface area contributed by atoms with Gasteiger partial charge in [0.15, 0.2) is 0 Å². The maximum atomic E-state index is 12.0. The van der Waals surface area contributed by atoms with E-state index >= 15 is 0 Å². The third-order valence-corrected chi connectivity index (χ3v) is 4.16. The first kappa shape index (κ1) is 14.5. The average Bonchev–Trinajstić information content (AvgIpc) is 2.77. The highest BCUT2D eigenvalue weighted by molar-refractivity contribution is 7.88. The number of anilines is 1. The van der Waals surface area contributed by atoms with Gasteiger partial charge in [0.2, 0.25) is 10.0 Å². The molecule has 0 saturated carbocycles. The van der Waals surface area contributed by atoms with Crippen LogP contribution in [0.4, 0.5) is 5.69 Å². The lowest BCUT2D eigenvalue weighted by molar-refractivity contribution is 0.560. The van der Waals surface area contributed by atoms with Crippen LogP contribution in [0.1, 0.15) is 11.1 Å². The molecule has 1 aromatic carbocycles. The minimum Gasteiger partial charge on any atom is -0.398 e. The van der Waals surface area contributed by atoms with Gasteiger partial charge in [0.1, 0.15) is 0 Å². The molecule has 0 unspecified atom stereocenters. The van der Waals surface area contributed by atoms with Crippen molar-refractivity contribution in [3.05, 3.63) is 47.8 Å². The molecule has 2 aromatic rings. The van der Waals surface area contributed by atoms with Crippen molar-refractivity contribution >= 4 is 15.7 Å². The smallest absolute Gasteiger partial charge is 0.215 e. The number of benzene rings is 1. The maximum absolute atomic E-state index is 12.0. The molecule has 0 aliphatic rings. The number of nitrogens with two attached hydrogens (primary N) is 1. The molecule has 108 valence electrons. The van der Waals surface area contributed by atoms with E-state index in [9.17, 15) is 8.42 Å². The van der Waals surface area contributed by atoms with Crippen LogP contribution in [-0.4, -0.2) is 24.7 Å². The van der Waals surface area contributed by atoms with Gasteiger partial charge in [-0.3, -0.25) is 4.68 Å². The Bertz CT molecular complexity index is 679. The highest BCUT2D eigenvalue weighted by Gasteiger charge is 2.12. The molecular formula is C13H18N4O2S. The molecule has 0 aliphatic heterocycles. The molecule has 0 spiro atoms. The van der Waals surface area contributed by atoms with Gasteiger partial charge in [-0.1, -0.05) is 18.2 Å². The van der Waals surface area contributed by atoms with Crippen LogP contribution >= 0.6 is 0 Å². The summed E-state index contributed by atoms with van der Waals surface area (Å²) in [4.78, 5) is 0. The third-order valence-electron chi connectivity index (χ3n) is 2.83. The zero-order valence-electron chi connectivity index (χ0n) is 11.3. The summed E-state index contributed by atoms with van der Waals surface area (Å²) in [5.74, 6) is -0.113. The zero-order valence-corrected chi connectivity index (χ0v) is 12.1. The fourth-order valence-corrected chi connectivity index (χ4v) is 3.00. The Morgan fingerprint density at radius 1 is 1.35 bits per heavy atom. The maximum Gasteiger partial charge on any atom is 0.215 e. The number of hydrogen-bond acceptors (Lipinski definition) is 4. The van der Waals surface area contributed by atoms with E-state index in [0.29, 0.717) is 24.3 Å². The number of nitrogens with one attached hydrogen (secondary N) is 1. The Kier molecular flexibility index (Phi) is 4.41. The molecular weight excluding hydrogens is 276 g/mol. The Morgan fingerprint density at radius 2 is 2.10 bits per heavy atom. The molecule has 6 nitrogen and oxygen atoms in total. The standard InChI is InChI=1S/C13H18N4O2S/c1-11-8-15-17(9-11)7-6-16-20(18,19)10-12-4-2-3-5-13(12)14/h2-5,8-9,16H,6-7,10,14H2,1H3. The summed E-state index contributed by atoms with van der Waals surface area (Å²) in [6.45, 7) is 2.74. The molecule has 0 fully saturated rings. The molecule has 2 rings (SSSR count). The van der Waals surface area contributed by atoms with Crippen LogP contribution in [0.15, 0.2) is 36.7 Å². The van der Waals surface area contributed by atoms with Crippen molar-refractivity contribution in [2.24, 2.45) is 0 Å². The minimum atomic E-state index is -3.39. The van der Waals surface area contributed by atoms with Gasteiger partial charge in [0, 0.05) is 18.4 Å². The average molecular weight is 294 g/mol. The largest absolute Gasteiger partial charge is 0.398 e. The number of hydrogen-bond donors (Lipinski definition) is 2. The number of nitrogens with zero attached hydrogens (tertiary/aromatic N) is 2. The molecule has 1 aromatic heterocycles. The monoisotopic (exact) mass is 294 g/mol.